The van der Waals surface area contributed by atoms with Crippen molar-refractivity contribution in [3.8, 4) is 5.69 Å². The summed E-state index contributed by atoms with van der Waals surface area (Å²) in [6, 6.07) is 6.51. The molecular formula is C14H18FN3. The summed E-state index contributed by atoms with van der Waals surface area (Å²) >= 11 is 0. The van der Waals surface area contributed by atoms with Gasteiger partial charge in [0.15, 0.2) is 0 Å². The molecule has 0 spiro atoms. The van der Waals surface area contributed by atoms with Crippen molar-refractivity contribution in [1.82, 2.24) is 15.1 Å². The van der Waals surface area contributed by atoms with E-state index in [0.29, 0.717) is 5.92 Å². The quantitative estimate of drug-likeness (QED) is 0.900. The van der Waals surface area contributed by atoms with Gasteiger partial charge in [-0.25, -0.2) is 9.07 Å². The lowest BCUT2D eigenvalue weighted by atomic mass is 10.1. The third-order valence-corrected chi connectivity index (χ3v) is 2.85. The second-order valence-corrected chi connectivity index (χ2v) is 4.63. The summed E-state index contributed by atoms with van der Waals surface area (Å²) in [4.78, 5) is 0. The molecule has 96 valence electrons. The van der Waals surface area contributed by atoms with Crippen molar-refractivity contribution in [2.75, 3.05) is 7.05 Å². The Kier molecular flexibility index (Phi) is 3.77. The molecule has 0 atom stereocenters. The van der Waals surface area contributed by atoms with Gasteiger partial charge in [0.05, 0.1) is 17.6 Å². The molecule has 0 radical (unpaired) electrons. The zero-order valence-electron chi connectivity index (χ0n) is 10.9. The summed E-state index contributed by atoms with van der Waals surface area (Å²) in [5.41, 5.74) is 3.03. The Morgan fingerprint density at radius 1 is 1.39 bits per heavy atom. The Morgan fingerprint density at radius 2 is 2.17 bits per heavy atom. The van der Waals surface area contributed by atoms with E-state index in [2.05, 4.69) is 24.3 Å². The third kappa shape index (κ3) is 2.43. The SMILES string of the molecule is CNCc1cnn(-c2cccc(F)c2)c1C(C)C. The van der Waals surface area contributed by atoms with Gasteiger partial charge in [-0.2, -0.15) is 5.10 Å². The molecule has 1 aromatic heterocycles. The molecular weight excluding hydrogens is 229 g/mol. The van der Waals surface area contributed by atoms with Crippen LogP contribution in [-0.2, 0) is 6.54 Å². The molecule has 2 aromatic rings. The van der Waals surface area contributed by atoms with Crippen LogP contribution in [0.25, 0.3) is 5.69 Å². The number of aromatic nitrogens is 2. The molecule has 18 heavy (non-hydrogen) atoms. The number of benzene rings is 1. The van der Waals surface area contributed by atoms with Gasteiger partial charge in [0.25, 0.3) is 0 Å². The predicted octanol–water partition coefficient (Wildman–Crippen LogP) is 2.85. The van der Waals surface area contributed by atoms with E-state index in [1.54, 1.807) is 6.07 Å². The first-order valence-corrected chi connectivity index (χ1v) is 6.10. The van der Waals surface area contributed by atoms with Crippen molar-refractivity contribution < 1.29 is 4.39 Å². The van der Waals surface area contributed by atoms with Crippen LogP contribution >= 0.6 is 0 Å². The number of nitrogens with one attached hydrogen (secondary N) is 1. The fourth-order valence-corrected chi connectivity index (χ4v) is 2.15. The van der Waals surface area contributed by atoms with E-state index in [4.69, 9.17) is 0 Å². The Hall–Kier alpha value is -1.68. The van der Waals surface area contributed by atoms with Crippen molar-refractivity contribution in [3.63, 3.8) is 0 Å². The van der Waals surface area contributed by atoms with Crippen molar-refractivity contribution in [2.45, 2.75) is 26.3 Å². The zero-order valence-corrected chi connectivity index (χ0v) is 10.9. The van der Waals surface area contributed by atoms with E-state index in [9.17, 15) is 4.39 Å². The first-order chi connectivity index (χ1) is 8.63. The summed E-state index contributed by atoms with van der Waals surface area (Å²) in [5.74, 6) is 0.0898. The molecule has 0 aliphatic carbocycles. The van der Waals surface area contributed by atoms with Gasteiger partial charge in [0.2, 0.25) is 0 Å². The minimum absolute atomic E-state index is 0.243. The molecule has 0 bridgehead atoms. The van der Waals surface area contributed by atoms with E-state index in [1.165, 1.54) is 12.1 Å². The second-order valence-electron chi connectivity index (χ2n) is 4.63. The number of hydrogen-bond donors (Lipinski definition) is 1. The molecule has 3 nitrogen and oxygen atoms in total. The average Bonchev–Trinajstić information content (AvgIpc) is 2.73. The van der Waals surface area contributed by atoms with Gasteiger partial charge < -0.3 is 5.32 Å². The molecule has 0 amide bonds. The number of hydrogen-bond acceptors (Lipinski definition) is 2. The summed E-state index contributed by atoms with van der Waals surface area (Å²) in [6.07, 6.45) is 1.84. The van der Waals surface area contributed by atoms with Crippen LogP contribution in [0.3, 0.4) is 0 Å². The van der Waals surface area contributed by atoms with Crippen LogP contribution in [0.15, 0.2) is 30.5 Å². The first kappa shape index (κ1) is 12.8. The van der Waals surface area contributed by atoms with Crippen LogP contribution in [-0.4, -0.2) is 16.8 Å². The van der Waals surface area contributed by atoms with Crippen LogP contribution in [0.1, 0.15) is 31.0 Å². The van der Waals surface area contributed by atoms with E-state index < -0.39 is 0 Å². The van der Waals surface area contributed by atoms with Crippen molar-refractivity contribution in [2.24, 2.45) is 0 Å². The number of nitrogens with zero attached hydrogens (tertiary/aromatic N) is 2. The van der Waals surface area contributed by atoms with Crippen molar-refractivity contribution in [1.29, 1.82) is 0 Å². The summed E-state index contributed by atoms with van der Waals surface area (Å²) in [7, 11) is 1.91. The molecule has 0 aliphatic heterocycles. The Labute approximate surface area is 107 Å². The van der Waals surface area contributed by atoms with Gasteiger partial charge in [-0.05, 0) is 31.2 Å². The average molecular weight is 247 g/mol. The Balaban J connectivity index is 2.50. The van der Waals surface area contributed by atoms with Crippen LogP contribution < -0.4 is 5.32 Å². The lowest BCUT2D eigenvalue weighted by Crippen LogP contribution is -2.10. The lowest BCUT2D eigenvalue weighted by Gasteiger charge is -2.12. The fraction of sp³-hybridized carbons (Fsp3) is 0.357. The Bertz CT molecular complexity index is 532. The van der Waals surface area contributed by atoms with Crippen LogP contribution in [0.4, 0.5) is 4.39 Å². The van der Waals surface area contributed by atoms with Crippen LogP contribution in [0, 0.1) is 5.82 Å². The molecule has 0 fully saturated rings. The monoisotopic (exact) mass is 247 g/mol. The molecule has 2 rings (SSSR count). The van der Waals surface area contributed by atoms with E-state index in [-0.39, 0.29) is 5.82 Å². The molecule has 1 aromatic carbocycles. The molecule has 0 aliphatic rings. The van der Waals surface area contributed by atoms with Gasteiger partial charge >= 0.3 is 0 Å². The smallest absolute Gasteiger partial charge is 0.125 e. The largest absolute Gasteiger partial charge is 0.316 e. The van der Waals surface area contributed by atoms with E-state index in [1.807, 2.05) is 24.0 Å². The standard InChI is InChI=1S/C14H18FN3/c1-10(2)14-11(8-16-3)9-17-18(14)13-6-4-5-12(15)7-13/h4-7,9-10,16H,8H2,1-3H3. The first-order valence-electron chi connectivity index (χ1n) is 6.10. The molecule has 1 N–H and O–H groups in total. The topological polar surface area (TPSA) is 29.9 Å². The third-order valence-electron chi connectivity index (χ3n) is 2.85. The molecule has 1 heterocycles. The highest BCUT2D eigenvalue weighted by Gasteiger charge is 2.15. The summed E-state index contributed by atoms with van der Waals surface area (Å²) in [6.45, 7) is 5.00. The van der Waals surface area contributed by atoms with Gasteiger partial charge in [0.1, 0.15) is 5.82 Å². The van der Waals surface area contributed by atoms with E-state index in [0.717, 1.165) is 23.5 Å². The second kappa shape index (κ2) is 5.31. The van der Waals surface area contributed by atoms with Crippen molar-refractivity contribution in [3.05, 3.63) is 47.5 Å². The van der Waals surface area contributed by atoms with E-state index >= 15 is 0 Å². The number of halogens is 1. The predicted molar refractivity (Wildman–Crippen MR) is 70.4 cm³/mol. The summed E-state index contributed by atoms with van der Waals surface area (Å²) in [5, 5.41) is 7.51. The summed E-state index contributed by atoms with van der Waals surface area (Å²) < 4.78 is 15.1. The van der Waals surface area contributed by atoms with Crippen LogP contribution in [0.5, 0.6) is 0 Å². The highest BCUT2D eigenvalue weighted by molar-refractivity contribution is 5.36. The van der Waals surface area contributed by atoms with Gasteiger partial charge in [-0.1, -0.05) is 19.9 Å². The maximum atomic E-state index is 13.3. The zero-order chi connectivity index (χ0) is 13.1. The maximum absolute atomic E-state index is 13.3. The van der Waals surface area contributed by atoms with Gasteiger partial charge in [-0.3, -0.25) is 0 Å². The fourth-order valence-electron chi connectivity index (χ4n) is 2.15. The molecule has 0 unspecified atom stereocenters. The van der Waals surface area contributed by atoms with Crippen molar-refractivity contribution >= 4 is 0 Å². The normalized spacial score (nSPS) is 11.2. The molecule has 0 saturated carbocycles. The van der Waals surface area contributed by atoms with Gasteiger partial charge in [-0.15, -0.1) is 0 Å². The lowest BCUT2D eigenvalue weighted by molar-refractivity contribution is 0.623. The van der Waals surface area contributed by atoms with Gasteiger partial charge in [0, 0.05) is 12.1 Å². The van der Waals surface area contributed by atoms with Crippen LogP contribution in [0.2, 0.25) is 0 Å². The minimum atomic E-state index is -0.243. The molecule has 0 saturated heterocycles. The highest BCUT2D eigenvalue weighted by atomic mass is 19.1. The Morgan fingerprint density at radius 3 is 2.78 bits per heavy atom. The minimum Gasteiger partial charge on any atom is -0.316 e. The highest BCUT2D eigenvalue weighted by Crippen LogP contribution is 2.23. The number of rotatable bonds is 4. The molecule has 4 heteroatoms. The maximum Gasteiger partial charge on any atom is 0.125 e.